The van der Waals surface area contributed by atoms with Gasteiger partial charge in [-0.15, -0.1) is 0 Å². The summed E-state index contributed by atoms with van der Waals surface area (Å²) in [5.74, 6) is -0.485. The van der Waals surface area contributed by atoms with Gasteiger partial charge < -0.3 is 18.9 Å². The van der Waals surface area contributed by atoms with Gasteiger partial charge in [0.15, 0.2) is 17.2 Å². The van der Waals surface area contributed by atoms with Crippen molar-refractivity contribution >= 4 is 27.9 Å². The lowest BCUT2D eigenvalue weighted by Crippen LogP contribution is -2.15. The van der Waals surface area contributed by atoms with E-state index in [1.807, 2.05) is 13.0 Å². The summed E-state index contributed by atoms with van der Waals surface area (Å²) >= 11 is 3.48. The van der Waals surface area contributed by atoms with E-state index in [1.54, 1.807) is 36.4 Å². The molecular formula is C22H21BrN2O6. The van der Waals surface area contributed by atoms with Crippen molar-refractivity contribution in [3.63, 3.8) is 0 Å². The van der Waals surface area contributed by atoms with Crippen LogP contribution < -0.4 is 9.47 Å². The van der Waals surface area contributed by atoms with Gasteiger partial charge in [-0.3, -0.25) is 0 Å². The highest BCUT2D eigenvalue weighted by atomic mass is 79.9. The van der Waals surface area contributed by atoms with E-state index in [0.717, 1.165) is 0 Å². The summed E-state index contributed by atoms with van der Waals surface area (Å²) in [6, 6.07) is 12.4. The average Bonchev–Trinajstić information content (AvgIpc) is 3.20. The Kier molecular flexibility index (Phi) is 6.96. The van der Waals surface area contributed by atoms with Crippen molar-refractivity contribution in [1.82, 2.24) is 9.78 Å². The van der Waals surface area contributed by atoms with Crippen LogP contribution in [0.3, 0.4) is 0 Å². The van der Waals surface area contributed by atoms with E-state index in [9.17, 15) is 9.59 Å². The monoisotopic (exact) mass is 488 g/mol. The number of esters is 2. The molecule has 8 nitrogen and oxygen atoms in total. The number of carbonyl (C=O) groups is 2. The fourth-order valence-corrected chi connectivity index (χ4v) is 3.65. The second kappa shape index (κ2) is 9.65. The molecule has 0 fully saturated rings. The van der Waals surface area contributed by atoms with Crippen molar-refractivity contribution in [2.45, 2.75) is 6.92 Å². The van der Waals surface area contributed by atoms with Gasteiger partial charge in [0, 0.05) is 5.56 Å². The zero-order valence-corrected chi connectivity index (χ0v) is 19.1. The summed E-state index contributed by atoms with van der Waals surface area (Å²) in [7, 11) is 3.99. The molecule has 0 spiro atoms. The summed E-state index contributed by atoms with van der Waals surface area (Å²) < 4.78 is 23.0. The first kappa shape index (κ1) is 22.4. The zero-order chi connectivity index (χ0) is 22.5. The van der Waals surface area contributed by atoms with E-state index in [0.29, 0.717) is 33.8 Å². The standard InChI is InChI=1S/C22H21BrN2O6/c1-5-31-20-15(23)11-13(12-16(20)28-2)18-17(21(26)29-3)19(22(27)30-4)25(24-18)14-9-7-6-8-10-14/h6-12H,5H2,1-4H3. The third-order valence-corrected chi connectivity index (χ3v) is 5.04. The van der Waals surface area contributed by atoms with Crippen LogP contribution in [0.15, 0.2) is 46.9 Å². The van der Waals surface area contributed by atoms with E-state index in [2.05, 4.69) is 21.0 Å². The molecule has 31 heavy (non-hydrogen) atoms. The number of ether oxygens (including phenoxy) is 4. The second-order valence-corrected chi connectivity index (χ2v) is 7.08. The fourth-order valence-electron chi connectivity index (χ4n) is 3.10. The number of halogens is 1. The van der Waals surface area contributed by atoms with Gasteiger partial charge in [0.25, 0.3) is 0 Å². The van der Waals surface area contributed by atoms with Crippen LogP contribution in [0, 0.1) is 0 Å². The molecule has 0 amide bonds. The van der Waals surface area contributed by atoms with Crippen LogP contribution in [0.2, 0.25) is 0 Å². The first-order valence-electron chi connectivity index (χ1n) is 9.32. The quantitative estimate of drug-likeness (QED) is 0.458. The van der Waals surface area contributed by atoms with Crippen LogP contribution in [0.25, 0.3) is 16.9 Å². The summed E-state index contributed by atoms with van der Waals surface area (Å²) in [5, 5.41) is 4.58. The van der Waals surface area contributed by atoms with Crippen LogP contribution in [0.1, 0.15) is 27.8 Å². The maximum absolute atomic E-state index is 12.8. The highest BCUT2D eigenvalue weighted by molar-refractivity contribution is 9.10. The first-order valence-corrected chi connectivity index (χ1v) is 10.1. The third-order valence-electron chi connectivity index (χ3n) is 4.45. The van der Waals surface area contributed by atoms with Gasteiger partial charge in [-0.05, 0) is 47.1 Å². The van der Waals surface area contributed by atoms with Gasteiger partial charge in [-0.2, -0.15) is 5.10 Å². The molecule has 3 aromatic rings. The number of carbonyl (C=O) groups excluding carboxylic acids is 2. The van der Waals surface area contributed by atoms with Crippen molar-refractivity contribution in [2.75, 3.05) is 27.9 Å². The smallest absolute Gasteiger partial charge is 0.357 e. The van der Waals surface area contributed by atoms with Crippen LogP contribution in [-0.2, 0) is 9.47 Å². The lowest BCUT2D eigenvalue weighted by atomic mass is 10.0. The van der Waals surface area contributed by atoms with E-state index >= 15 is 0 Å². The molecule has 0 bridgehead atoms. The Labute approximate surface area is 187 Å². The number of benzene rings is 2. The van der Waals surface area contributed by atoms with Crippen molar-refractivity contribution in [3.8, 4) is 28.4 Å². The third kappa shape index (κ3) is 4.27. The SMILES string of the molecule is CCOc1c(Br)cc(-c2nn(-c3ccccc3)c(C(=O)OC)c2C(=O)OC)cc1OC. The Morgan fingerprint density at radius 1 is 1.03 bits per heavy atom. The van der Waals surface area contributed by atoms with E-state index < -0.39 is 11.9 Å². The van der Waals surface area contributed by atoms with Crippen molar-refractivity contribution in [1.29, 1.82) is 0 Å². The normalized spacial score (nSPS) is 10.5. The topological polar surface area (TPSA) is 88.9 Å². The summed E-state index contributed by atoms with van der Waals surface area (Å²) in [5.41, 5.74) is 1.28. The summed E-state index contributed by atoms with van der Waals surface area (Å²) in [6.45, 7) is 2.30. The van der Waals surface area contributed by atoms with Gasteiger partial charge in [-0.25, -0.2) is 14.3 Å². The zero-order valence-electron chi connectivity index (χ0n) is 17.5. The Morgan fingerprint density at radius 2 is 1.71 bits per heavy atom. The lowest BCUT2D eigenvalue weighted by Gasteiger charge is -2.13. The summed E-state index contributed by atoms with van der Waals surface area (Å²) in [6.07, 6.45) is 0. The van der Waals surface area contributed by atoms with Gasteiger partial charge in [0.1, 0.15) is 11.3 Å². The minimum atomic E-state index is -0.722. The molecule has 0 unspecified atom stereocenters. The van der Waals surface area contributed by atoms with Crippen LogP contribution >= 0.6 is 15.9 Å². The molecule has 1 aromatic heterocycles. The van der Waals surface area contributed by atoms with Gasteiger partial charge in [0.05, 0.1) is 38.1 Å². The van der Waals surface area contributed by atoms with Gasteiger partial charge in [0.2, 0.25) is 0 Å². The highest BCUT2D eigenvalue weighted by Gasteiger charge is 2.32. The fraction of sp³-hybridized carbons (Fsp3) is 0.227. The first-order chi connectivity index (χ1) is 15.0. The molecule has 0 saturated carbocycles. The molecule has 2 aromatic carbocycles. The predicted molar refractivity (Wildman–Crippen MR) is 117 cm³/mol. The lowest BCUT2D eigenvalue weighted by molar-refractivity contribution is 0.0549. The van der Waals surface area contributed by atoms with Crippen LogP contribution in [0.5, 0.6) is 11.5 Å². The molecule has 0 atom stereocenters. The average molecular weight is 489 g/mol. The van der Waals surface area contributed by atoms with E-state index in [1.165, 1.54) is 26.0 Å². The van der Waals surface area contributed by atoms with E-state index in [-0.39, 0.29) is 17.0 Å². The molecule has 0 N–H and O–H groups in total. The van der Waals surface area contributed by atoms with Crippen LogP contribution in [-0.4, -0.2) is 49.7 Å². The van der Waals surface area contributed by atoms with Gasteiger partial charge >= 0.3 is 11.9 Å². The molecule has 0 aliphatic heterocycles. The summed E-state index contributed by atoms with van der Waals surface area (Å²) in [4.78, 5) is 25.4. The number of rotatable bonds is 7. The number of aromatic nitrogens is 2. The molecule has 0 radical (unpaired) electrons. The molecule has 162 valence electrons. The predicted octanol–water partition coefficient (Wildman–Crippen LogP) is 4.28. The molecule has 0 aliphatic carbocycles. The molecular weight excluding hydrogens is 468 g/mol. The number of para-hydroxylation sites is 1. The maximum Gasteiger partial charge on any atom is 0.357 e. The van der Waals surface area contributed by atoms with E-state index in [4.69, 9.17) is 18.9 Å². The Hall–Kier alpha value is -3.33. The minimum Gasteiger partial charge on any atom is -0.493 e. The molecule has 0 saturated heterocycles. The number of hydrogen-bond donors (Lipinski definition) is 0. The Morgan fingerprint density at radius 3 is 2.29 bits per heavy atom. The molecule has 3 rings (SSSR count). The van der Waals surface area contributed by atoms with Crippen molar-refractivity contribution in [2.24, 2.45) is 0 Å². The van der Waals surface area contributed by atoms with Crippen molar-refractivity contribution < 1.29 is 28.5 Å². The Bertz CT molecular complexity index is 1110. The number of hydrogen-bond acceptors (Lipinski definition) is 7. The van der Waals surface area contributed by atoms with Gasteiger partial charge in [-0.1, -0.05) is 18.2 Å². The molecule has 9 heteroatoms. The largest absolute Gasteiger partial charge is 0.493 e. The van der Waals surface area contributed by atoms with Crippen molar-refractivity contribution in [3.05, 3.63) is 58.2 Å². The minimum absolute atomic E-state index is 0.0173. The Balaban J connectivity index is 2.35. The number of methoxy groups -OCH3 is 3. The second-order valence-electron chi connectivity index (χ2n) is 6.23. The maximum atomic E-state index is 12.8. The molecule has 1 heterocycles. The highest BCUT2D eigenvalue weighted by Crippen LogP contribution is 2.41. The van der Waals surface area contributed by atoms with Crippen LogP contribution in [0.4, 0.5) is 0 Å². The number of nitrogens with zero attached hydrogens (tertiary/aromatic N) is 2. The molecule has 0 aliphatic rings.